The van der Waals surface area contributed by atoms with Crippen LogP contribution in [0.3, 0.4) is 0 Å². The monoisotopic (exact) mass is 459 g/mol. The number of nitriles is 1. The van der Waals surface area contributed by atoms with Crippen molar-refractivity contribution in [2.75, 3.05) is 11.4 Å². The van der Waals surface area contributed by atoms with Crippen LogP contribution in [-0.2, 0) is 34.2 Å². The van der Waals surface area contributed by atoms with Gasteiger partial charge in [-0.1, -0.05) is 48.5 Å². The van der Waals surface area contributed by atoms with E-state index in [0.29, 0.717) is 18.5 Å². The van der Waals surface area contributed by atoms with E-state index in [2.05, 4.69) is 10.8 Å². The molecule has 0 saturated heterocycles. The van der Waals surface area contributed by atoms with Crippen LogP contribution in [0.1, 0.15) is 35.1 Å². The maximum Gasteiger partial charge on any atom is 0.240 e. The minimum absolute atomic E-state index is 0.0264. The number of amides is 1. The molecule has 7 heteroatoms. The number of carbonyl (C=O) groups is 1. The molecule has 33 heavy (non-hydrogen) atoms. The summed E-state index contributed by atoms with van der Waals surface area (Å²) in [5.41, 5.74) is 3.95. The Balaban J connectivity index is 1.47. The third-order valence-corrected chi connectivity index (χ3v) is 7.24. The molecule has 0 saturated carbocycles. The SMILES string of the molecule is N#Cc1ccccc1CCC(=O)N1CCCc2cc(S(=O)(=O)NCc3ccccc3)ccc21. The van der Waals surface area contributed by atoms with Crippen molar-refractivity contribution >= 4 is 21.6 Å². The van der Waals surface area contributed by atoms with Crippen LogP contribution in [0, 0.1) is 11.3 Å². The fourth-order valence-electron chi connectivity index (χ4n) is 4.08. The van der Waals surface area contributed by atoms with E-state index in [9.17, 15) is 18.5 Å². The Hall–Kier alpha value is -3.47. The van der Waals surface area contributed by atoms with Crippen LogP contribution < -0.4 is 9.62 Å². The quantitative estimate of drug-likeness (QED) is 0.579. The molecule has 0 unspecified atom stereocenters. The van der Waals surface area contributed by atoms with Crippen LogP contribution in [0.15, 0.2) is 77.7 Å². The fourth-order valence-corrected chi connectivity index (χ4v) is 5.15. The summed E-state index contributed by atoms with van der Waals surface area (Å²) in [6.07, 6.45) is 2.27. The Labute approximate surface area is 194 Å². The fraction of sp³-hybridized carbons (Fsp3) is 0.231. The summed E-state index contributed by atoms with van der Waals surface area (Å²) in [6, 6.07) is 23.8. The smallest absolute Gasteiger partial charge is 0.240 e. The van der Waals surface area contributed by atoms with E-state index in [-0.39, 0.29) is 23.8 Å². The van der Waals surface area contributed by atoms with E-state index in [0.717, 1.165) is 35.2 Å². The molecule has 4 rings (SSSR count). The number of anilines is 1. The summed E-state index contributed by atoms with van der Waals surface area (Å²) in [5, 5.41) is 9.26. The first-order valence-electron chi connectivity index (χ1n) is 10.9. The van der Waals surface area contributed by atoms with Gasteiger partial charge in [0.1, 0.15) is 0 Å². The third kappa shape index (κ3) is 5.30. The first-order chi connectivity index (χ1) is 16.0. The van der Waals surface area contributed by atoms with Crippen molar-refractivity contribution in [2.45, 2.75) is 37.1 Å². The number of benzene rings is 3. The molecule has 1 heterocycles. The Kier molecular flexibility index (Phi) is 6.87. The second-order valence-corrected chi connectivity index (χ2v) is 9.79. The number of hydrogen-bond donors (Lipinski definition) is 1. The van der Waals surface area contributed by atoms with Gasteiger partial charge in [-0.2, -0.15) is 5.26 Å². The van der Waals surface area contributed by atoms with Crippen molar-refractivity contribution in [2.24, 2.45) is 0 Å². The average molecular weight is 460 g/mol. The second-order valence-electron chi connectivity index (χ2n) is 8.02. The van der Waals surface area contributed by atoms with Crippen molar-refractivity contribution in [1.82, 2.24) is 4.72 Å². The molecule has 0 fully saturated rings. The van der Waals surface area contributed by atoms with Crippen LogP contribution in [-0.4, -0.2) is 20.9 Å². The van der Waals surface area contributed by atoms with Crippen LogP contribution in [0.4, 0.5) is 5.69 Å². The Bertz CT molecular complexity index is 1300. The summed E-state index contributed by atoms with van der Waals surface area (Å²) < 4.78 is 28.3. The highest BCUT2D eigenvalue weighted by Gasteiger charge is 2.25. The highest BCUT2D eigenvalue weighted by atomic mass is 32.2. The normalized spacial score (nSPS) is 13.2. The summed E-state index contributed by atoms with van der Waals surface area (Å²) in [7, 11) is -3.67. The van der Waals surface area contributed by atoms with E-state index in [1.54, 1.807) is 29.2 Å². The molecule has 0 atom stereocenters. The van der Waals surface area contributed by atoms with Crippen LogP contribution in [0.25, 0.3) is 0 Å². The number of carbonyl (C=O) groups excluding carboxylic acids is 1. The summed E-state index contributed by atoms with van der Waals surface area (Å²) in [6.45, 7) is 0.819. The molecule has 0 radical (unpaired) electrons. The van der Waals surface area contributed by atoms with Gasteiger partial charge in [0.05, 0.1) is 16.5 Å². The van der Waals surface area contributed by atoms with Gasteiger partial charge in [-0.15, -0.1) is 0 Å². The van der Waals surface area contributed by atoms with Crippen molar-refractivity contribution in [3.05, 3.63) is 95.1 Å². The second kappa shape index (κ2) is 9.99. The van der Waals surface area contributed by atoms with Gasteiger partial charge >= 0.3 is 0 Å². The predicted octanol–water partition coefficient (Wildman–Crippen LogP) is 3.95. The molecule has 1 amide bonds. The minimum Gasteiger partial charge on any atom is -0.312 e. The Morgan fingerprint density at radius 1 is 1.03 bits per heavy atom. The zero-order valence-electron chi connectivity index (χ0n) is 18.2. The molecule has 0 spiro atoms. The van der Waals surface area contributed by atoms with E-state index in [1.165, 1.54) is 0 Å². The lowest BCUT2D eigenvalue weighted by molar-refractivity contribution is -0.118. The number of nitrogens with one attached hydrogen (secondary N) is 1. The largest absolute Gasteiger partial charge is 0.312 e. The number of sulfonamides is 1. The van der Waals surface area contributed by atoms with Crippen LogP contribution in [0.5, 0.6) is 0 Å². The average Bonchev–Trinajstić information content (AvgIpc) is 2.86. The zero-order chi connectivity index (χ0) is 23.3. The maximum absolute atomic E-state index is 13.0. The lowest BCUT2D eigenvalue weighted by atomic mass is 10.00. The van der Waals surface area contributed by atoms with Crippen LogP contribution in [0.2, 0.25) is 0 Å². The van der Waals surface area contributed by atoms with Gasteiger partial charge in [0.2, 0.25) is 15.9 Å². The molecular weight excluding hydrogens is 434 g/mol. The van der Waals surface area contributed by atoms with Crippen molar-refractivity contribution in [3.63, 3.8) is 0 Å². The molecule has 3 aromatic carbocycles. The first-order valence-corrected chi connectivity index (χ1v) is 12.4. The van der Waals surface area contributed by atoms with E-state index >= 15 is 0 Å². The van der Waals surface area contributed by atoms with Gasteiger partial charge in [0, 0.05) is 25.2 Å². The summed E-state index contributed by atoms with van der Waals surface area (Å²) >= 11 is 0. The predicted molar refractivity (Wildman–Crippen MR) is 127 cm³/mol. The molecule has 168 valence electrons. The minimum atomic E-state index is -3.67. The van der Waals surface area contributed by atoms with Gasteiger partial charge < -0.3 is 4.90 Å². The van der Waals surface area contributed by atoms with Crippen molar-refractivity contribution in [1.29, 1.82) is 5.26 Å². The molecule has 0 bridgehead atoms. The van der Waals surface area contributed by atoms with Crippen molar-refractivity contribution in [3.8, 4) is 6.07 Å². The zero-order valence-corrected chi connectivity index (χ0v) is 19.0. The summed E-state index contributed by atoms with van der Waals surface area (Å²) in [4.78, 5) is 14.9. The van der Waals surface area contributed by atoms with E-state index in [4.69, 9.17) is 0 Å². The standard InChI is InChI=1S/C26H25N3O3S/c27-18-23-10-5-4-9-21(23)12-15-26(30)29-16-6-11-22-17-24(13-14-25(22)29)33(31,32)28-19-20-7-2-1-3-8-20/h1-5,7-10,13-14,17,28H,6,11-12,15-16,19H2. The molecule has 0 aromatic heterocycles. The third-order valence-electron chi connectivity index (χ3n) is 5.84. The lowest BCUT2D eigenvalue weighted by Gasteiger charge is -2.30. The van der Waals surface area contributed by atoms with Gasteiger partial charge in [-0.3, -0.25) is 4.79 Å². The maximum atomic E-state index is 13.0. The molecule has 1 aliphatic heterocycles. The van der Waals surface area contributed by atoms with Gasteiger partial charge in [-0.25, -0.2) is 13.1 Å². The molecule has 0 aliphatic carbocycles. The Morgan fingerprint density at radius 2 is 1.79 bits per heavy atom. The molecular formula is C26H25N3O3S. The number of fused-ring (bicyclic) bond motifs is 1. The van der Waals surface area contributed by atoms with Gasteiger partial charge in [-0.05, 0) is 60.2 Å². The van der Waals surface area contributed by atoms with Gasteiger partial charge in [0.25, 0.3) is 0 Å². The van der Waals surface area contributed by atoms with Crippen molar-refractivity contribution < 1.29 is 13.2 Å². The highest BCUT2D eigenvalue weighted by molar-refractivity contribution is 7.89. The van der Waals surface area contributed by atoms with E-state index < -0.39 is 10.0 Å². The molecule has 1 aliphatic rings. The highest BCUT2D eigenvalue weighted by Crippen LogP contribution is 2.30. The Morgan fingerprint density at radius 3 is 2.58 bits per heavy atom. The number of rotatable bonds is 7. The number of aryl methyl sites for hydroxylation is 2. The lowest BCUT2D eigenvalue weighted by Crippen LogP contribution is -2.35. The molecule has 1 N–H and O–H groups in total. The molecule has 6 nitrogen and oxygen atoms in total. The number of nitrogens with zero attached hydrogens (tertiary/aromatic N) is 2. The van der Waals surface area contributed by atoms with E-state index in [1.807, 2.05) is 48.5 Å². The summed E-state index contributed by atoms with van der Waals surface area (Å²) in [5.74, 6) is -0.0264. The topological polar surface area (TPSA) is 90.3 Å². The number of hydrogen-bond acceptors (Lipinski definition) is 4. The first kappa shape index (κ1) is 22.7. The van der Waals surface area contributed by atoms with Gasteiger partial charge in [0.15, 0.2) is 0 Å². The molecule has 3 aromatic rings. The van der Waals surface area contributed by atoms with Crippen LogP contribution >= 0.6 is 0 Å².